The Morgan fingerprint density at radius 3 is 2.43 bits per heavy atom. The Hall–Kier alpha value is -3.20. The first kappa shape index (κ1) is 19.6. The molecule has 0 bridgehead atoms. The van der Waals surface area contributed by atoms with Gasteiger partial charge in [-0.15, -0.1) is 0 Å². The molecule has 0 spiro atoms. The van der Waals surface area contributed by atoms with Gasteiger partial charge in [-0.05, 0) is 36.6 Å². The number of nitrogens with one attached hydrogen (secondary N) is 1. The van der Waals surface area contributed by atoms with Crippen molar-refractivity contribution in [1.29, 1.82) is 0 Å². The summed E-state index contributed by atoms with van der Waals surface area (Å²) in [6, 6.07) is 3.49. The molecule has 1 heterocycles. The largest absolute Gasteiger partial charge is 0.366 e. The number of rotatable bonds is 4. The molecular weight excluding hydrogens is 373 g/mol. The average molecular weight is 390 g/mol. The van der Waals surface area contributed by atoms with E-state index >= 15 is 0 Å². The van der Waals surface area contributed by atoms with Crippen molar-refractivity contribution < 1.29 is 22.8 Å². The molecule has 2 amide bonds. The van der Waals surface area contributed by atoms with E-state index in [1.807, 2.05) is 0 Å². The number of nitrogens with two attached hydrogens (primary N) is 2. The lowest BCUT2D eigenvalue weighted by atomic mass is 9.80. The van der Waals surface area contributed by atoms with Crippen LogP contribution in [0.1, 0.15) is 34.7 Å². The van der Waals surface area contributed by atoms with Gasteiger partial charge < -0.3 is 16.8 Å². The molecule has 0 saturated carbocycles. The molecule has 0 radical (unpaired) electrons. The second kappa shape index (κ2) is 7.81. The van der Waals surface area contributed by atoms with Gasteiger partial charge in [-0.2, -0.15) is 0 Å². The first-order valence-corrected chi connectivity index (χ1v) is 8.42. The van der Waals surface area contributed by atoms with Crippen molar-refractivity contribution in [3.8, 4) is 0 Å². The SMILES string of the molecule is NC(=O)c1ccc(NC(=O)C2=CC[C@@H](c3cc(F)c(F)cc3F)[C@H](N)C2)nc1. The number of halogens is 3. The zero-order valence-electron chi connectivity index (χ0n) is 14.6. The van der Waals surface area contributed by atoms with Crippen LogP contribution >= 0.6 is 0 Å². The molecule has 28 heavy (non-hydrogen) atoms. The maximum absolute atomic E-state index is 14.0. The van der Waals surface area contributed by atoms with E-state index in [0.717, 1.165) is 6.07 Å². The molecule has 146 valence electrons. The summed E-state index contributed by atoms with van der Waals surface area (Å²) in [5, 5.41) is 2.57. The average Bonchev–Trinajstić information content (AvgIpc) is 2.65. The molecule has 1 aromatic carbocycles. The Morgan fingerprint density at radius 1 is 1.11 bits per heavy atom. The fourth-order valence-electron chi connectivity index (χ4n) is 3.10. The van der Waals surface area contributed by atoms with Crippen LogP contribution in [0, 0.1) is 17.5 Å². The van der Waals surface area contributed by atoms with Crippen molar-refractivity contribution in [3.63, 3.8) is 0 Å². The topological polar surface area (TPSA) is 111 Å². The zero-order chi connectivity index (χ0) is 20.4. The number of anilines is 1. The first-order valence-electron chi connectivity index (χ1n) is 8.42. The lowest BCUT2D eigenvalue weighted by Gasteiger charge is -2.28. The number of hydrogen-bond donors (Lipinski definition) is 3. The molecule has 0 saturated heterocycles. The molecule has 2 atom stereocenters. The number of aromatic nitrogens is 1. The quantitative estimate of drug-likeness (QED) is 0.696. The van der Waals surface area contributed by atoms with Crippen LogP contribution < -0.4 is 16.8 Å². The number of primary amides is 1. The fraction of sp³-hybridized carbons (Fsp3) is 0.211. The van der Waals surface area contributed by atoms with Crippen molar-refractivity contribution in [3.05, 3.63) is 70.7 Å². The number of benzene rings is 1. The second-order valence-corrected chi connectivity index (χ2v) is 6.48. The Balaban J connectivity index is 1.72. The lowest BCUT2D eigenvalue weighted by Crippen LogP contribution is -2.34. The molecule has 2 aromatic rings. The lowest BCUT2D eigenvalue weighted by molar-refractivity contribution is -0.113. The molecular formula is C19H17F3N4O2. The van der Waals surface area contributed by atoms with Crippen LogP contribution in [0.25, 0.3) is 0 Å². The molecule has 0 unspecified atom stereocenters. The third kappa shape index (κ3) is 4.04. The molecule has 1 aliphatic carbocycles. The third-order valence-electron chi connectivity index (χ3n) is 4.61. The molecule has 1 aromatic heterocycles. The maximum atomic E-state index is 14.0. The molecule has 5 N–H and O–H groups in total. The smallest absolute Gasteiger partial charge is 0.252 e. The Morgan fingerprint density at radius 2 is 1.82 bits per heavy atom. The highest BCUT2D eigenvalue weighted by Gasteiger charge is 2.29. The standard InChI is InChI=1S/C19H17F3N4O2/c20-13-7-15(22)14(21)6-12(13)11-3-1-9(5-16(11)23)19(28)26-17-4-2-10(8-25-17)18(24)27/h1-2,4,6-8,11,16H,3,5,23H2,(H2,24,27)(H,25,26,28)/t11-,16+/m0/s1. The summed E-state index contributed by atoms with van der Waals surface area (Å²) in [6.45, 7) is 0. The molecule has 0 fully saturated rings. The van der Waals surface area contributed by atoms with E-state index in [0.29, 0.717) is 11.6 Å². The molecule has 1 aliphatic rings. The van der Waals surface area contributed by atoms with Gasteiger partial charge >= 0.3 is 0 Å². The van der Waals surface area contributed by atoms with Gasteiger partial charge in [0.25, 0.3) is 5.91 Å². The van der Waals surface area contributed by atoms with E-state index in [-0.39, 0.29) is 29.8 Å². The van der Waals surface area contributed by atoms with Crippen LogP contribution in [0.3, 0.4) is 0 Å². The number of allylic oxidation sites excluding steroid dienone is 1. The Labute approximate surface area is 158 Å². The zero-order valence-corrected chi connectivity index (χ0v) is 14.6. The van der Waals surface area contributed by atoms with Gasteiger partial charge in [-0.1, -0.05) is 6.08 Å². The predicted molar refractivity (Wildman–Crippen MR) is 95.7 cm³/mol. The summed E-state index contributed by atoms with van der Waals surface area (Å²) in [4.78, 5) is 27.3. The van der Waals surface area contributed by atoms with Crippen LogP contribution in [0.5, 0.6) is 0 Å². The van der Waals surface area contributed by atoms with Crippen LogP contribution in [-0.4, -0.2) is 22.8 Å². The number of hydrogen-bond acceptors (Lipinski definition) is 4. The Bertz CT molecular complexity index is 960. The van der Waals surface area contributed by atoms with Gasteiger partial charge in [0.1, 0.15) is 11.6 Å². The number of nitrogens with zero attached hydrogens (tertiary/aromatic N) is 1. The molecule has 6 nitrogen and oxygen atoms in total. The van der Waals surface area contributed by atoms with E-state index < -0.39 is 41.2 Å². The Kier molecular flexibility index (Phi) is 5.46. The highest BCUT2D eigenvalue weighted by atomic mass is 19.2. The summed E-state index contributed by atoms with van der Waals surface area (Å²) < 4.78 is 40.6. The van der Waals surface area contributed by atoms with Crippen molar-refractivity contribution >= 4 is 17.6 Å². The summed E-state index contributed by atoms with van der Waals surface area (Å²) >= 11 is 0. The third-order valence-corrected chi connectivity index (χ3v) is 4.61. The highest BCUT2D eigenvalue weighted by molar-refractivity contribution is 6.03. The number of pyridine rings is 1. The molecule has 0 aliphatic heterocycles. The summed E-state index contributed by atoms with van der Waals surface area (Å²) in [5.41, 5.74) is 11.7. The number of amides is 2. The minimum Gasteiger partial charge on any atom is -0.366 e. The van der Waals surface area contributed by atoms with Crippen molar-refractivity contribution in [2.24, 2.45) is 11.5 Å². The number of carbonyl (C=O) groups is 2. The van der Waals surface area contributed by atoms with Crippen LogP contribution in [0.4, 0.5) is 19.0 Å². The first-order chi connectivity index (χ1) is 13.3. The van der Waals surface area contributed by atoms with E-state index in [1.165, 1.54) is 18.3 Å². The van der Waals surface area contributed by atoms with Gasteiger partial charge in [0.15, 0.2) is 11.6 Å². The van der Waals surface area contributed by atoms with E-state index in [2.05, 4.69) is 10.3 Å². The van der Waals surface area contributed by atoms with Crippen LogP contribution in [-0.2, 0) is 4.79 Å². The summed E-state index contributed by atoms with van der Waals surface area (Å²) in [7, 11) is 0. The van der Waals surface area contributed by atoms with Crippen LogP contribution in [0.15, 0.2) is 42.1 Å². The monoisotopic (exact) mass is 390 g/mol. The van der Waals surface area contributed by atoms with E-state index in [1.54, 1.807) is 6.08 Å². The molecule has 3 rings (SSSR count). The van der Waals surface area contributed by atoms with Crippen molar-refractivity contribution in [2.75, 3.05) is 5.32 Å². The van der Waals surface area contributed by atoms with Gasteiger partial charge in [0, 0.05) is 29.8 Å². The fourth-order valence-corrected chi connectivity index (χ4v) is 3.10. The van der Waals surface area contributed by atoms with E-state index in [4.69, 9.17) is 11.5 Å². The summed E-state index contributed by atoms with van der Waals surface area (Å²) in [5.74, 6) is -4.74. The van der Waals surface area contributed by atoms with Gasteiger partial charge in [0.05, 0.1) is 5.56 Å². The summed E-state index contributed by atoms with van der Waals surface area (Å²) in [6.07, 6.45) is 3.14. The van der Waals surface area contributed by atoms with Gasteiger partial charge in [-0.3, -0.25) is 9.59 Å². The van der Waals surface area contributed by atoms with Gasteiger partial charge in [-0.25, -0.2) is 18.2 Å². The maximum Gasteiger partial charge on any atom is 0.252 e. The minimum absolute atomic E-state index is 0.0224. The second-order valence-electron chi connectivity index (χ2n) is 6.48. The van der Waals surface area contributed by atoms with Crippen molar-refractivity contribution in [2.45, 2.75) is 24.8 Å². The minimum atomic E-state index is -1.27. The predicted octanol–water partition coefficient (Wildman–Crippen LogP) is 2.37. The normalized spacial score (nSPS) is 19.1. The molecule has 9 heteroatoms. The number of carbonyl (C=O) groups excluding carboxylic acids is 2. The van der Waals surface area contributed by atoms with Crippen molar-refractivity contribution in [1.82, 2.24) is 4.98 Å². The highest BCUT2D eigenvalue weighted by Crippen LogP contribution is 2.34. The van der Waals surface area contributed by atoms with E-state index in [9.17, 15) is 22.8 Å². The van der Waals surface area contributed by atoms with Gasteiger partial charge in [0.2, 0.25) is 5.91 Å². The van der Waals surface area contributed by atoms with Crippen LogP contribution in [0.2, 0.25) is 0 Å².